The minimum absolute atomic E-state index is 0.0528. The van der Waals surface area contributed by atoms with Gasteiger partial charge >= 0.3 is 5.97 Å². The summed E-state index contributed by atoms with van der Waals surface area (Å²) in [5.74, 6) is -1.66. The molecule has 3 N–H and O–H groups in total. The summed E-state index contributed by atoms with van der Waals surface area (Å²) in [5, 5.41) is 13.6. The van der Waals surface area contributed by atoms with E-state index in [9.17, 15) is 14.0 Å². The van der Waals surface area contributed by atoms with Gasteiger partial charge in [-0.2, -0.15) is 0 Å². The third-order valence-electron chi connectivity index (χ3n) is 2.65. The number of methoxy groups -OCH3 is 1. The second-order valence-corrected chi connectivity index (χ2v) is 3.85. The normalized spacial score (nSPS) is 10.4. The van der Waals surface area contributed by atoms with Gasteiger partial charge in [0.25, 0.3) is 5.56 Å². The Kier molecular flexibility index (Phi) is 3.37. The second kappa shape index (κ2) is 4.97. The lowest BCUT2D eigenvalue weighted by molar-refractivity contribution is -0.136. The van der Waals surface area contributed by atoms with E-state index >= 15 is 0 Å². The van der Waals surface area contributed by atoms with Crippen molar-refractivity contribution in [2.45, 2.75) is 6.42 Å². The zero-order valence-electron chi connectivity index (χ0n) is 9.99. The molecule has 0 aliphatic heterocycles. The maximum Gasteiger partial charge on any atom is 0.308 e. The van der Waals surface area contributed by atoms with Gasteiger partial charge in [-0.05, 0) is 18.2 Å². The van der Waals surface area contributed by atoms with Crippen LogP contribution in [0.5, 0.6) is 5.75 Å². The van der Waals surface area contributed by atoms with Crippen LogP contribution in [0.4, 0.5) is 4.39 Å². The third-order valence-corrected chi connectivity index (χ3v) is 2.65. The van der Waals surface area contributed by atoms with E-state index in [2.05, 4.69) is 10.2 Å². The van der Waals surface area contributed by atoms with E-state index in [-0.39, 0.29) is 17.0 Å². The maximum absolute atomic E-state index is 13.6. The second-order valence-electron chi connectivity index (χ2n) is 3.85. The van der Waals surface area contributed by atoms with Crippen molar-refractivity contribution < 1.29 is 19.0 Å². The summed E-state index contributed by atoms with van der Waals surface area (Å²) in [6, 6.07) is 4.11. The van der Waals surface area contributed by atoms with Crippen LogP contribution in [-0.2, 0) is 11.2 Å². The Bertz CT molecular complexity index is 675. The van der Waals surface area contributed by atoms with Crippen LogP contribution in [0.1, 0.15) is 5.56 Å². The molecular weight excluding hydrogens is 255 g/mol. The molecule has 2 rings (SSSR count). The molecule has 19 heavy (non-hydrogen) atoms. The quantitative estimate of drug-likeness (QED) is 0.773. The number of rotatable bonds is 4. The minimum Gasteiger partial charge on any atom is -0.494 e. The zero-order valence-corrected chi connectivity index (χ0v) is 9.99. The minimum atomic E-state index is -1.14. The number of ether oxygens (including phenoxy) is 1. The monoisotopic (exact) mass is 266 g/mol. The van der Waals surface area contributed by atoms with Gasteiger partial charge in [-0.3, -0.25) is 19.8 Å². The number of halogens is 1. The fourth-order valence-corrected chi connectivity index (χ4v) is 1.77. The number of carboxylic acids is 1. The Morgan fingerprint density at radius 2 is 2.16 bits per heavy atom. The molecule has 0 radical (unpaired) electrons. The summed E-state index contributed by atoms with van der Waals surface area (Å²) >= 11 is 0. The lowest BCUT2D eigenvalue weighted by Gasteiger charge is -2.05. The molecule has 6 nitrogen and oxygen atoms in total. The standard InChI is InChI=1S/C12H11FN2O4/c1-19-9-3-2-6(4-8(9)13)11-7(5-10(16)17)12(18)15-14-11/h2-4H,5H2,1H3,(H,16,17)(H2,14,15,18). The van der Waals surface area contributed by atoms with Crippen LogP contribution in [0.3, 0.4) is 0 Å². The van der Waals surface area contributed by atoms with E-state index in [0.717, 1.165) is 0 Å². The number of carbonyl (C=O) groups is 1. The Labute approximate surface area is 106 Å². The van der Waals surface area contributed by atoms with Crippen LogP contribution < -0.4 is 10.3 Å². The van der Waals surface area contributed by atoms with Gasteiger partial charge in [0.05, 0.1) is 24.8 Å². The van der Waals surface area contributed by atoms with Gasteiger partial charge in [0.15, 0.2) is 11.6 Å². The first-order chi connectivity index (χ1) is 9.02. The molecule has 1 aromatic carbocycles. The van der Waals surface area contributed by atoms with Crippen molar-refractivity contribution in [1.29, 1.82) is 0 Å². The SMILES string of the molecule is COc1ccc(-c2[nH][nH]c(=O)c2CC(=O)O)cc1F. The molecule has 0 saturated carbocycles. The molecular formula is C12H11FN2O4. The molecule has 0 bridgehead atoms. The zero-order chi connectivity index (χ0) is 14.0. The molecule has 2 aromatic rings. The fourth-order valence-electron chi connectivity index (χ4n) is 1.77. The van der Waals surface area contributed by atoms with E-state index in [4.69, 9.17) is 9.84 Å². The molecule has 0 amide bonds. The summed E-state index contributed by atoms with van der Waals surface area (Å²) in [7, 11) is 1.34. The average molecular weight is 266 g/mol. The van der Waals surface area contributed by atoms with Crippen molar-refractivity contribution in [1.82, 2.24) is 10.2 Å². The number of aliphatic carboxylic acids is 1. The van der Waals surface area contributed by atoms with Crippen molar-refractivity contribution >= 4 is 5.97 Å². The summed E-state index contributed by atoms with van der Waals surface area (Å²) in [4.78, 5) is 22.2. The van der Waals surface area contributed by atoms with Crippen molar-refractivity contribution in [3.63, 3.8) is 0 Å². The first kappa shape index (κ1) is 12.9. The van der Waals surface area contributed by atoms with E-state index in [1.54, 1.807) is 0 Å². The van der Waals surface area contributed by atoms with Crippen LogP contribution in [0.25, 0.3) is 11.3 Å². The van der Waals surface area contributed by atoms with Gasteiger partial charge in [-0.25, -0.2) is 4.39 Å². The number of H-pyrrole nitrogens is 2. The highest BCUT2D eigenvalue weighted by Gasteiger charge is 2.16. The van der Waals surface area contributed by atoms with E-state index in [0.29, 0.717) is 5.56 Å². The summed E-state index contributed by atoms with van der Waals surface area (Å²) in [5.41, 5.74) is 0.146. The molecule has 0 spiro atoms. The Balaban J connectivity index is 2.50. The molecule has 0 fully saturated rings. The van der Waals surface area contributed by atoms with Gasteiger partial charge in [0.2, 0.25) is 0 Å². The lowest BCUT2D eigenvalue weighted by Crippen LogP contribution is -2.11. The third kappa shape index (κ3) is 2.49. The molecule has 0 aliphatic carbocycles. The summed E-state index contributed by atoms with van der Waals surface area (Å²) < 4.78 is 18.4. The van der Waals surface area contributed by atoms with Gasteiger partial charge < -0.3 is 9.84 Å². The molecule has 100 valence electrons. The predicted octanol–water partition coefficient (Wildman–Crippen LogP) is 1.14. The maximum atomic E-state index is 13.6. The van der Waals surface area contributed by atoms with Crippen LogP contribution in [-0.4, -0.2) is 28.4 Å². The highest BCUT2D eigenvalue weighted by atomic mass is 19.1. The average Bonchev–Trinajstić information content (AvgIpc) is 2.70. The largest absolute Gasteiger partial charge is 0.494 e. The summed E-state index contributed by atoms with van der Waals surface area (Å²) in [6.07, 6.45) is -0.443. The van der Waals surface area contributed by atoms with Crippen LogP contribution in [0.15, 0.2) is 23.0 Å². The van der Waals surface area contributed by atoms with Crippen molar-refractivity contribution in [2.75, 3.05) is 7.11 Å². The van der Waals surface area contributed by atoms with Gasteiger partial charge in [0.1, 0.15) is 0 Å². The molecule has 0 saturated heterocycles. The van der Waals surface area contributed by atoms with Gasteiger partial charge in [0, 0.05) is 5.56 Å². The molecule has 0 atom stereocenters. The number of aromatic amines is 2. The first-order valence-electron chi connectivity index (χ1n) is 5.38. The Morgan fingerprint density at radius 1 is 1.42 bits per heavy atom. The molecule has 0 aliphatic rings. The molecule has 7 heteroatoms. The lowest BCUT2D eigenvalue weighted by atomic mass is 10.1. The Hall–Kier alpha value is -2.57. The highest BCUT2D eigenvalue weighted by molar-refractivity contribution is 5.74. The number of benzene rings is 1. The van der Waals surface area contributed by atoms with Crippen LogP contribution >= 0.6 is 0 Å². The fraction of sp³-hybridized carbons (Fsp3) is 0.167. The van der Waals surface area contributed by atoms with Crippen molar-refractivity contribution in [3.05, 3.63) is 39.9 Å². The number of carboxylic acid groups (broad SMARTS) is 1. The van der Waals surface area contributed by atoms with Crippen LogP contribution in [0, 0.1) is 5.82 Å². The number of hydrogen-bond donors (Lipinski definition) is 3. The van der Waals surface area contributed by atoms with Crippen molar-refractivity contribution in [2.24, 2.45) is 0 Å². The molecule has 0 unspecified atom stereocenters. The highest BCUT2D eigenvalue weighted by Crippen LogP contribution is 2.25. The smallest absolute Gasteiger partial charge is 0.308 e. The topological polar surface area (TPSA) is 95.2 Å². The molecule has 1 heterocycles. The number of nitrogens with one attached hydrogen (secondary N) is 2. The number of hydrogen-bond acceptors (Lipinski definition) is 3. The van der Waals surface area contributed by atoms with Crippen LogP contribution in [0.2, 0.25) is 0 Å². The van der Waals surface area contributed by atoms with Gasteiger partial charge in [-0.15, -0.1) is 0 Å². The first-order valence-corrected chi connectivity index (χ1v) is 5.38. The number of aromatic nitrogens is 2. The van der Waals surface area contributed by atoms with E-state index in [1.165, 1.54) is 25.3 Å². The van der Waals surface area contributed by atoms with Gasteiger partial charge in [-0.1, -0.05) is 0 Å². The molecule has 1 aromatic heterocycles. The van der Waals surface area contributed by atoms with E-state index in [1.807, 2.05) is 0 Å². The Morgan fingerprint density at radius 3 is 2.74 bits per heavy atom. The van der Waals surface area contributed by atoms with E-state index < -0.39 is 23.8 Å². The predicted molar refractivity (Wildman–Crippen MR) is 64.7 cm³/mol. The van der Waals surface area contributed by atoms with Crippen molar-refractivity contribution in [3.8, 4) is 17.0 Å². The summed E-state index contributed by atoms with van der Waals surface area (Å²) in [6.45, 7) is 0.